The van der Waals surface area contributed by atoms with Crippen molar-refractivity contribution >= 4 is 33.7 Å². The summed E-state index contributed by atoms with van der Waals surface area (Å²) in [6.07, 6.45) is 5.67. The first-order chi connectivity index (χ1) is 12.8. The highest BCUT2D eigenvalue weighted by Gasteiger charge is 2.12. The largest absolute Gasteiger partial charge is 0.0795 e. The predicted molar refractivity (Wildman–Crippen MR) is 116 cm³/mol. The van der Waals surface area contributed by atoms with Crippen LogP contribution in [0.4, 0.5) is 0 Å². The maximum atomic E-state index is 2.38. The van der Waals surface area contributed by atoms with Crippen LogP contribution in [0, 0.1) is 6.92 Å². The van der Waals surface area contributed by atoms with Crippen LogP contribution >= 0.6 is 0 Å². The third-order valence-electron chi connectivity index (χ3n) is 5.32. The van der Waals surface area contributed by atoms with Gasteiger partial charge in [-0.15, -0.1) is 0 Å². The molecule has 0 heterocycles. The van der Waals surface area contributed by atoms with Crippen molar-refractivity contribution in [1.29, 1.82) is 0 Å². The van der Waals surface area contributed by atoms with E-state index in [1.807, 2.05) is 0 Å². The van der Waals surface area contributed by atoms with Crippen LogP contribution in [-0.2, 0) is 0 Å². The third-order valence-corrected chi connectivity index (χ3v) is 5.32. The van der Waals surface area contributed by atoms with Gasteiger partial charge in [0.1, 0.15) is 0 Å². The van der Waals surface area contributed by atoms with Gasteiger partial charge in [-0.25, -0.2) is 0 Å². The maximum absolute atomic E-state index is 2.38. The van der Waals surface area contributed by atoms with Crippen LogP contribution in [0.15, 0.2) is 66.7 Å². The molecule has 4 aromatic rings. The molecule has 0 fully saturated rings. The van der Waals surface area contributed by atoms with Crippen molar-refractivity contribution in [3.8, 4) is 11.1 Å². The van der Waals surface area contributed by atoms with E-state index in [2.05, 4.69) is 99.7 Å². The van der Waals surface area contributed by atoms with Crippen LogP contribution in [0.25, 0.3) is 44.8 Å². The number of aryl methyl sites for hydroxylation is 1. The zero-order valence-electron chi connectivity index (χ0n) is 15.7. The Morgan fingerprint density at radius 2 is 1.38 bits per heavy atom. The minimum Gasteiger partial charge on any atom is -0.0795 e. The summed E-state index contributed by atoms with van der Waals surface area (Å²) in [5, 5.41) is 8.01. The minimum atomic E-state index is 1.02. The highest BCUT2D eigenvalue weighted by molar-refractivity contribution is 6.06. The Morgan fingerprint density at radius 3 is 2.12 bits per heavy atom. The predicted octanol–water partition coefficient (Wildman–Crippen LogP) is 5.96. The standard InChI is InChI=1S/C26H24/c1-4-11-23-20(5-2)18(3)21-14-8-9-16-24(21)26(23)25-17-10-13-19-12-6-7-15-22(19)25/h5-17H,4H2,1-3H3/b20-5-,23-11+. The highest BCUT2D eigenvalue weighted by atomic mass is 14.2. The molecule has 0 N–H and O–H groups in total. The van der Waals surface area contributed by atoms with E-state index in [1.165, 1.54) is 48.7 Å². The van der Waals surface area contributed by atoms with E-state index in [9.17, 15) is 0 Å². The summed E-state index contributed by atoms with van der Waals surface area (Å²) < 4.78 is 0. The smallest absolute Gasteiger partial charge is 0.00237 e. The first-order valence-corrected chi connectivity index (χ1v) is 9.42. The fraction of sp³-hybridized carbons (Fsp3) is 0.154. The van der Waals surface area contributed by atoms with Crippen molar-refractivity contribution in [3.63, 3.8) is 0 Å². The van der Waals surface area contributed by atoms with E-state index in [-0.39, 0.29) is 0 Å². The number of benzene rings is 4. The second-order valence-electron chi connectivity index (χ2n) is 6.80. The molecule has 0 aromatic heterocycles. The summed E-state index contributed by atoms with van der Waals surface area (Å²) in [6.45, 7) is 6.62. The van der Waals surface area contributed by atoms with E-state index in [1.54, 1.807) is 0 Å². The van der Waals surface area contributed by atoms with Crippen molar-refractivity contribution in [2.45, 2.75) is 27.2 Å². The Morgan fingerprint density at radius 1 is 0.731 bits per heavy atom. The van der Waals surface area contributed by atoms with Gasteiger partial charge in [-0.1, -0.05) is 85.8 Å². The Balaban J connectivity index is 2.31. The molecule has 0 saturated heterocycles. The summed E-state index contributed by atoms with van der Waals surface area (Å²) >= 11 is 0. The lowest BCUT2D eigenvalue weighted by Crippen LogP contribution is -2.30. The first-order valence-electron chi connectivity index (χ1n) is 9.42. The fourth-order valence-corrected chi connectivity index (χ4v) is 4.18. The molecule has 0 aliphatic carbocycles. The first kappa shape index (κ1) is 16.6. The molecule has 4 aromatic carbocycles. The highest BCUT2D eigenvalue weighted by Crippen LogP contribution is 2.31. The molecule has 0 aliphatic rings. The lowest BCUT2D eigenvalue weighted by molar-refractivity contribution is 1.27. The number of rotatable bonds is 2. The quantitative estimate of drug-likeness (QED) is 0.424. The monoisotopic (exact) mass is 336 g/mol. The minimum absolute atomic E-state index is 1.02. The summed E-state index contributed by atoms with van der Waals surface area (Å²) in [6, 6.07) is 24.2. The van der Waals surface area contributed by atoms with Gasteiger partial charge in [-0.3, -0.25) is 0 Å². The van der Waals surface area contributed by atoms with Crippen LogP contribution in [0.2, 0.25) is 0 Å². The molecule has 26 heavy (non-hydrogen) atoms. The molecular weight excluding hydrogens is 312 g/mol. The average Bonchev–Trinajstić information content (AvgIpc) is 2.69. The molecule has 0 radical (unpaired) electrons. The van der Waals surface area contributed by atoms with Gasteiger partial charge in [0, 0.05) is 0 Å². The second-order valence-corrected chi connectivity index (χ2v) is 6.80. The van der Waals surface area contributed by atoms with E-state index >= 15 is 0 Å². The van der Waals surface area contributed by atoms with Crippen LogP contribution < -0.4 is 10.4 Å². The van der Waals surface area contributed by atoms with Crippen LogP contribution in [0.5, 0.6) is 0 Å². The Labute approximate surface area is 155 Å². The summed E-state index contributed by atoms with van der Waals surface area (Å²) in [7, 11) is 0. The topological polar surface area (TPSA) is 0 Å². The van der Waals surface area contributed by atoms with Crippen molar-refractivity contribution in [1.82, 2.24) is 0 Å². The SMILES string of the molecule is C/C=c1/c(C)c2ccccc2c(-c2cccc3ccccc23)/c1=C/CC. The maximum Gasteiger partial charge on any atom is -0.00237 e. The molecule has 128 valence electrons. The van der Waals surface area contributed by atoms with Gasteiger partial charge >= 0.3 is 0 Å². The molecule has 0 amide bonds. The van der Waals surface area contributed by atoms with Gasteiger partial charge in [0.15, 0.2) is 0 Å². The molecule has 0 bridgehead atoms. The summed E-state index contributed by atoms with van der Waals surface area (Å²) in [5.74, 6) is 0. The number of hydrogen-bond donors (Lipinski definition) is 0. The van der Waals surface area contributed by atoms with Crippen molar-refractivity contribution in [2.75, 3.05) is 0 Å². The van der Waals surface area contributed by atoms with E-state index in [0.717, 1.165) is 6.42 Å². The molecular formula is C26H24. The van der Waals surface area contributed by atoms with Crippen molar-refractivity contribution in [3.05, 3.63) is 82.7 Å². The zero-order chi connectivity index (χ0) is 18.1. The molecule has 0 spiro atoms. The van der Waals surface area contributed by atoms with Gasteiger partial charge in [-0.05, 0) is 68.9 Å². The van der Waals surface area contributed by atoms with Crippen molar-refractivity contribution in [2.24, 2.45) is 0 Å². The Hall–Kier alpha value is -2.86. The van der Waals surface area contributed by atoms with Crippen LogP contribution in [-0.4, -0.2) is 0 Å². The fourth-order valence-electron chi connectivity index (χ4n) is 4.18. The van der Waals surface area contributed by atoms with Crippen LogP contribution in [0.1, 0.15) is 25.8 Å². The molecule has 0 aliphatic heterocycles. The van der Waals surface area contributed by atoms with Crippen LogP contribution in [0.3, 0.4) is 0 Å². The van der Waals surface area contributed by atoms with E-state index < -0.39 is 0 Å². The number of fused-ring (bicyclic) bond motifs is 2. The molecule has 0 unspecified atom stereocenters. The van der Waals surface area contributed by atoms with Gasteiger partial charge in [-0.2, -0.15) is 0 Å². The number of hydrogen-bond acceptors (Lipinski definition) is 0. The second kappa shape index (κ2) is 6.80. The van der Waals surface area contributed by atoms with Gasteiger partial charge in [0.2, 0.25) is 0 Å². The lowest BCUT2D eigenvalue weighted by Gasteiger charge is -2.15. The van der Waals surface area contributed by atoms with Gasteiger partial charge < -0.3 is 0 Å². The average molecular weight is 336 g/mol. The molecule has 0 saturated carbocycles. The van der Waals surface area contributed by atoms with E-state index in [0.29, 0.717) is 0 Å². The molecule has 4 rings (SSSR count). The summed E-state index contributed by atoms with van der Waals surface area (Å²) in [5.41, 5.74) is 4.05. The van der Waals surface area contributed by atoms with E-state index in [4.69, 9.17) is 0 Å². The van der Waals surface area contributed by atoms with Gasteiger partial charge in [0.05, 0.1) is 0 Å². The molecule has 0 atom stereocenters. The van der Waals surface area contributed by atoms with Crippen molar-refractivity contribution < 1.29 is 0 Å². The third kappa shape index (κ3) is 2.54. The Kier molecular flexibility index (Phi) is 4.34. The summed E-state index contributed by atoms with van der Waals surface area (Å²) in [4.78, 5) is 0. The normalized spacial score (nSPS) is 13.0. The Bertz CT molecular complexity index is 1220. The molecule has 0 nitrogen and oxygen atoms in total. The zero-order valence-corrected chi connectivity index (χ0v) is 15.7. The molecule has 0 heteroatoms. The van der Waals surface area contributed by atoms with Gasteiger partial charge in [0.25, 0.3) is 0 Å². The lowest BCUT2D eigenvalue weighted by atomic mass is 9.89.